The number of anilines is 2. The number of sulfonamides is 1. The minimum Gasteiger partial charge on any atom is -0.322 e. The maximum atomic E-state index is 12.9. The number of nitrogens with zero attached hydrogens (tertiary/aromatic N) is 1. The molecule has 1 amide bonds. The van der Waals surface area contributed by atoms with Crippen molar-refractivity contribution in [1.82, 2.24) is 0 Å². The lowest BCUT2D eigenvalue weighted by Gasteiger charge is -2.19. The highest BCUT2D eigenvalue weighted by Crippen LogP contribution is 2.48. The Kier molecular flexibility index (Phi) is 5.26. The summed E-state index contributed by atoms with van der Waals surface area (Å²) in [5, 5.41) is 3.54. The van der Waals surface area contributed by atoms with Crippen molar-refractivity contribution in [3.63, 3.8) is 0 Å². The number of benzene rings is 2. The van der Waals surface area contributed by atoms with Crippen LogP contribution in [-0.2, 0) is 15.4 Å². The van der Waals surface area contributed by atoms with Gasteiger partial charge in [0.1, 0.15) is 0 Å². The van der Waals surface area contributed by atoms with Crippen LogP contribution >= 0.6 is 34.8 Å². The van der Waals surface area contributed by atoms with Crippen molar-refractivity contribution in [1.29, 1.82) is 0 Å². The summed E-state index contributed by atoms with van der Waals surface area (Å²) in [4.78, 5) is 12.9. The molecule has 1 saturated heterocycles. The first-order chi connectivity index (χ1) is 13.6. The van der Waals surface area contributed by atoms with Crippen LogP contribution < -0.4 is 9.62 Å². The maximum absolute atomic E-state index is 12.9. The Bertz CT molecular complexity index is 1110. The van der Waals surface area contributed by atoms with Crippen molar-refractivity contribution >= 4 is 62.1 Å². The van der Waals surface area contributed by atoms with E-state index in [0.29, 0.717) is 29.4 Å². The predicted octanol–water partition coefficient (Wildman–Crippen LogP) is 5.49. The first-order valence-corrected chi connectivity index (χ1v) is 12.0. The first kappa shape index (κ1) is 20.8. The van der Waals surface area contributed by atoms with Crippen LogP contribution in [0.1, 0.15) is 42.1 Å². The van der Waals surface area contributed by atoms with E-state index in [2.05, 4.69) is 12.2 Å². The smallest absolute Gasteiger partial charge is 0.257 e. The van der Waals surface area contributed by atoms with Gasteiger partial charge >= 0.3 is 0 Å². The fourth-order valence-electron chi connectivity index (χ4n) is 3.50. The molecule has 9 heteroatoms. The summed E-state index contributed by atoms with van der Waals surface area (Å²) < 4.78 is 25.7. The normalized spacial score (nSPS) is 19.2. The average Bonchev–Trinajstić information content (AvgIpc) is 3.29. The van der Waals surface area contributed by atoms with Gasteiger partial charge in [-0.25, -0.2) is 8.42 Å². The van der Waals surface area contributed by atoms with Gasteiger partial charge in [0.05, 0.1) is 27.0 Å². The van der Waals surface area contributed by atoms with E-state index in [1.165, 1.54) is 16.4 Å². The largest absolute Gasteiger partial charge is 0.322 e. The van der Waals surface area contributed by atoms with E-state index in [9.17, 15) is 13.2 Å². The van der Waals surface area contributed by atoms with E-state index in [4.69, 9.17) is 34.8 Å². The molecule has 0 aromatic heterocycles. The van der Waals surface area contributed by atoms with Crippen LogP contribution in [0.15, 0.2) is 30.3 Å². The van der Waals surface area contributed by atoms with Crippen molar-refractivity contribution < 1.29 is 13.2 Å². The van der Waals surface area contributed by atoms with Gasteiger partial charge in [-0.15, -0.1) is 0 Å². The molecule has 1 aliphatic heterocycles. The molecule has 154 valence electrons. The molecular weight excluding hydrogens is 455 g/mol. The molecule has 1 aliphatic carbocycles. The zero-order valence-corrected chi connectivity index (χ0v) is 18.7. The van der Waals surface area contributed by atoms with Crippen LogP contribution in [0.5, 0.6) is 0 Å². The molecule has 0 bridgehead atoms. The third-order valence-corrected chi connectivity index (χ3v) is 8.39. The third kappa shape index (κ3) is 4.08. The minimum absolute atomic E-state index is 0.0683. The fraction of sp³-hybridized carbons (Fsp3) is 0.350. The molecule has 29 heavy (non-hydrogen) atoms. The summed E-state index contributed by atoms with van der Waals surface area (Å²) >= 11 is 18.7. The standard InChI is InChI=1S/C20H19Cl3N2O3S/c1-20(3-4-20)12-7-13(21)9-14(8-12)24-19(26)16-10-15(11-17(22)18(16)23)25-5-2-6-29(25,27)28/h7-11H,2-6H2,1H3,(H,24,26). The van der Waals surface area contributed by atoms with Gasteiger partial charge in [-0.1, -0.05) is 41.7 Å². The highest BCUT2D eigenvalue weighted by atomic mass is 35.5. The quantitative estimate of drug-likeness (QED) is 0.638. The fourth-order valence-corrected chi connectivity index (χ4v) is 5.69. The van der Waals surface area contributed by atoms with E-state index in [1.54, 1.807) is 6.07 Å². The number of rotatable bonds is 4. The van der Waals surface area contributed by atoms with E-state index in [-0.39, 0.29) is 26.8 Å². The van der Waals surface area contributed by atoms with Crippen molar-refractivity contribution in [2.24, 2.45) is 0 Å². The predicted molar refractivity (Wildman–Crippen MR) is 118 cm³/mol. The SMILES string of the molecule is CC1(c2cc(Cl)cc(NC(=O)c3cc(N4CCCS4(=O)=O)cc(Cl)c3Cl)c2)CC1. The van der Waals surface area contributed by atoms with E-state index in [1.807, 2.05) is 12.1 Å². The van der Waals surface area contributed by atoms with Gasteiger partial charge in [-0.05, 0) is 60.6 Å². The molecule has 1 N–H and O–H groups in total. The Labute approximate surface area is 185 Å². The molecule has 0 radical (unpaired) electrons. The van der Waals surface area contributed by atoms with E-state index in [0.717, 1.165) is 18.4 Å². The summed E-state index contributed by atoms with van der Waals surface area (Å²) in [6.07, 6.45) is 2.68. The lowest BCUT2D eigenvalue weighted by Crippen LogP contribution is -2.25. The zero-order valence-electron chi connectivity index (χ0n) is 15.6. The van der Waals surface area contributed by atoms with Gasteiger partial charge in [0.25, 0.3) is 5.91 Å². The first-order valence-electron chi connectivity index (χ1n) is 9.21. The average molecular weight is 474 g/mol. The zero-order chi connectivity index (χ0) is 21.0. The molecule has 1 heterocycles. The molecule has 5 nitrogen and oxygen atoms in total. The molecule has 4 rings (SSSR count). The number of halogens is 3. The molecule has 0 spiro atoms. The third-order valence-electron chi connectivity index (χ3n) is 5.50. The topological polar surface area (TPSA) is 66.5 Å². The van der Waals surface area contributed by atoms with Crippen LogP contribution in [-0.4, -0.2) is 26.6 Å². The van der Waals surface area contributed by atoms with Crippen LogP contribution in [0, 0.1) is 0 Å². The maximum Gasteiger partial charge on any atom is 0.257 e. The Hall–Kier alpha value is -1.47. The molecule has 0 unspecified atom stereocenters. The van der Waals surface area contributed by atoms with Gasteiger partial charge in [-0.3, -0.25) is 9.10 Å². The monoisotopic (exact) mass is 472 g/mol. The number of amides is 1. The van der Waals surface area contributed by atoms with Gasteiger partial charge in [0, 0.05) is 17.3 Å². The lowest BCUT2D eigenvalue weighted by molar-refractivity contribution is 0.102. The number of hydrogen-bond acceptors (Lipinski definition) is 3. The lowest BCUT2D eigenvalue weighted by atomic mass is 9.98. The number of carbonyl (C=O) groups excluding carboxylic acids is 1. The second-order valence-corrected chi connectivity index (χ2v) is 11.0. The van der Waals surface area contributed by atoms with Gasteiger partial charge < -0.3 is 5.32 Å². The summed E-state index contributed by atoms with van der Waals surface area (Å²) in [7, 11) is -3.41. The summed E-state index contributed by atoms with van der Waals surface area (Å²) in [6.45, 7) is 2.50. The van der Waals surface area contributed by atoms with E-state index >= 15 is 0 Å². The Morgan fingerprint density at radius 3 is 2.45 bits per heavy atom. The second-order valence-electron chi connectivity index (χ2n) is 7.77. The highest BCUT2D eigenvalue weighted by Gasteiger charge is 2.39. The van der Waals surface area contributed by atoms with Crippen LogP contribution in [0.4, 0.5) is 11.4 Å². The molecule has 1 saturated carbocycles. The van der Waals surface area contributed by atoms with Crippen molar-refractivity contribution in [3.8, 4) is 0 Å². The Balaban J connectivity index is 1.66. The summed E-state index contributed by atoms with van der Waals surface area (Å²) in [6, 6.07) is 8.40. The van der Waals surface area contributed by atoms with E-state index < -0.39 is 15.9 Å². The van der Waals surface area contributed by atoms with Crippen molar-refractivity contribution in [2.75, 3.05) is 21.9 Å². The van der Waals surface area contributed by atoms with Gasteiger partial charge in [0.15, 0.2) is 0 Å². The number of hydrogen-bond donors (Lipinski definition) is 1. The molecule has 2 fully saturated rings. The van der Waals surface area contributed by atoms with Crippen LogP contribution in [0.2, 0.25) is 15.1 Å². The van der Waals surface area contributed by atoms with Crippen molar-refractivity contribution in [3.05, 3.63) is 56.5 Å². The summed E-state index contributed by atoms with van der Waals surface area (Å²) in [5.41, 5.74) is 2.16. The Morgan fingerprint density at radius 2 is 1.83 bits per heavy atom. The van der Waals surface area contributed by atoms with Gasteiger partial charge in [-0.2, -0.15) is 0 Å². The van der Waals surface area contributed by atoms with Crippen molar-refractivity contribution in [2.45, 2.75) is 31.6 Å². The van der Waals surface area contributed by atoms with Crippen LogP contribution in [0.25, 0.3) is 0 Å². The second kappa shape index (κ2) is 7.34. The highest BCUT2D eigenvalue weighted by molar-refractivity contribution is 7.93. The number of carbonyl (C=O) groups is 1. The molecule has 0 atom stereocenters. The summed E-state index contributed by atoms with van der Waals surface area (Å²) in [5.74, 6) is -0.414. The minimum atomic E-state index is -3.41. The molecule has 2 aromatic rings. The van der Waals surface area contributed by atoms with Crippen LogP contribution in [0.3, 0.4) is 0 Å². The molecule has 2 aliphatic rings. The van der Waals surface area contributed by atoms with Gasteiger partial charge in [0.2, 0.25) is 10.0 Å². The molecule has 2 aromatic carbocycles. The number of nitrogens with one attached hydrogen (secondary N) is 1. The Morgan fingerprint density at radius 1 is 1.10 bits per heavy atom. The molecular formula is C20H19Cl3N2O3S.